The third-order valence-electron chi connectivity index (χ3n) is 4.42. The summed E-state index contributed by atoms with van der Waals surface area (Å²) >= 11 is 0. The molecule has 0 amide bonds. The number of epoxide rings is 2. The van der Waals surface area contributed by atoms with Gasteiger partial charge in [0.1, 0.15) is 36.9 Å². The van der Waals surface area contributed by atoms with Gasteiger partial charge < -0.3 is 23.9 Å². The van der Waals surface area contributed by atoms with E-state index in [0.717, 1.165) is 35.8 Å². The predicted molar refractivity (Wildman–Crippen MR) is 97.7 cm³/mol. The van der Waals surface area contributed by atoms with E-state index >= 15 is 0 Å². The topological polar surface area (TPSA) is 85.1 Å². The normalized spacial score (nSPS) is 20.3. The molecule has 7 nitrogen and oxygen atoms in total. The summed E-state index contributed by atoms with van der Waals surface area (Å²) < 4.78 is 21.6. The molecule has 1 aromatic heterocycles. The van der Waals surface area contributed by atoms with Gasteiger partial charge in [0.25, 0.3) is 0 Å². The number of benzene rings is 2. The molecule has 1 N–H and O–H groups in total. The minimum Gasteiger partial charge on any atom is -0.491 e. The number of aromatic nitrogens is 3. The van der Waals surface area contributed by atoms with Crippen molar-refractivity contribution in [3.63, 3.8) is 0 Å². The van der Waals surface area contributed by atoms with Crippen molar-refractivity contribution in [2.24, 2.45) is 0 Å². The van der Waals surface area contributed by atoms with Crippen LogP contribution in [0.15, 0.2) is 48.5 Å². The second kappa shape index (κ2) is 7.02. The van der Waals surface area contributed by atoms with Gasteiger partial charge in [-0.25, -0.2) is 0 Å². The molecule has 2 atom stereocenters. The van der Waals surface area contributed by atoms with Crippen molar-refractivity contribution in [3.05, 3.63) is 48.5 Å². The van der Waals surface area contributed by atoms with Gasteiger partial charge in [-0.15, -0.1) is 10.2 Å². The van der Waals surface area contributed by atoms with Crippen LogP contribution in [0.4, 0.5) is 0 Å². The summed E-state index contributed by atoms with van der Waals surface area (Å²) in [5.74, 6) is 3.07. The van der Waals surface area contributed by atoms with Crippen LogP contribution in [0.5, 0.6) is 11.5 Å². The highest BCUT2D eigenvalue weighted by molar-refractivity contribution is 5.62. The van der Waals surface area contributed by atoms with Gasteiger partial charge in [-0.2, -0.15) is 0 Å². The molecule has 0 spiro atoms. The molecular weight excluding hydrogens is 346 g/mol. The van der Waals surface area contributed by atoms with E-state index < -0.39 is 0 Å². The summed E-state index contributed by atoms with van der Waals surface area (Å²) in [5.41, 5.74) is 1.90. The number of ether oxygens (including phenoxy) is 4. The molecular formula is C20H19N3O4. The van der Waals surface area contributed by atoms with Crippen molar-refractivity contribution in [2.75, 3.05) is 26.4 Å². The molecule has 3 aromatic rings. The Hall–Kier alpha value is -2.90. The Bertz CT molecular complexity index is 826. The van der Waals surface area contributed by atoms with Crippen LogP contribution in [0.3, 0.4) is 0 Å². The van der Waals surface area contributed by atoms with E-state index in [1.165, 1.54) is 0 Å². The average molecular weight is 365 g/mol. The van der Waals surface area contributed by atoms with E-state index in [2.05, 4.69) is 15.2 Å². The summed E-state index contributed by atoms with van der Waals surface area (Å²) in [6.07, 6.45) is 0.501. The molecule has 3 heterocycles. The van der Waals surface area contributed by atoms with E-state index in [-0.39, 0.29) is 12.2 Å². The zero-order chi connectivity index (χ0) is 18.1. The summed E-state index contributed by atoms with van der Waals surface area (Å²) in [5, 5.41) is 8.51. The fourth-order valence-corrected chi connectivity index (χ4v) is 2.65. The van der Waals surface area contributed by atoms with E-state index in [4.69, 9.17) is 18.9 Å². The van der Waals surface area contributed by atoms with Crippen LogP contribution in [0.1, 0.15) is 0 Å². The van der Waals surface area contributed by atoms with Crippen LogP contribution in [0.25, 0.3) is 22.8 Å². The first kappa shape index (κ1) is 16.3. The minimum absolute atomic E-state index is 0.250. The number of aromatic amines is 1. The van der Waals surface area contributed by atoms with Crippen molar-refractivity contribution in [2.45, 2.75) is 12.2 Å². The molecule has 27 heavy (non-hydrogen) atoms. The van der Waals surface area contributed by atoms with Crippen LogP contribution >= 0.6 is 0 Å². The fourth-order valence-electron chi connectivity index (χ4n) is 2.65. The van der Waals surface area contributed by atoms with Crippen molar-refractivity contribution >= 4 is 0 Å². The Morgan fingerprint density at radius 1 is 0.741 bits per heavy atom. The van der Waals surface area contributed by atoms with E-state index in [0.29, 0.717) is 24.9 Å². The lowest BCUT2D eigenvalue weighted by molar-refractivity contribution is 0.263. The highest BCUT2D eigenvalue weighted by Crippen LogP contribution is 2.24. The maximum atomic E-state index is 5.65. The molecule has 138 valence electrons. The highest BCUT2D eigenvalue weighted by Gasteiger charge is 2.23. The molecule has 0 saturated carbocycles. The third-order valence-corrected chi connectivity index (χ3v) is 4.42. The molecule has 5 rings (SSSR count). The molecule has 0 radical (unpaired) electrons. The summed E-state index contributed by atoms with van der Waals surface area (Å²) in [6.45, 7) is 2.78. The number of hydrogen-bond donors (Lipinski definition) is 1. The number of rotatable bonds is 8. The van der Waals surface area contributed by atoms with E-state index in [1.54, 1.807) is 0 Å². The minimum atomic E-state index is 0.250. The molecule has 2 fully saturated rings. The van der Waals surface area contributed by atoms with Gasteiger partial charge in [0, 0.05) is 11.1 Å². The van der Waals surface area contributed by atoms with E-state index in [9.17, 15) is 0 Å². The SMILES string of the molecule is c1cc(-c2nnc(-c3ccc(OCC4CO4)cc3)[nH]2)ccc1OCC1CO1. The lowest BCUT2D eigenvalue weighted by atomic mass is 10.2. The Kier molecular flexibility index (Phi) is 4.23. The van der Waals surface area contributed by atoms with Crippen LogP contribution < -0.4 is 9.47 Å². The standard InChI is InChI=1S/C20H19N3O4/c1-5-15(24-9-17-11-26-17)6-2-13(1)19-21-20(23-22-19)14-3-7-16(8-4-14)25-10-18-12-27-18/h1-8,17-18H,9-12H2,(H,21,22,23). The predicted octanol–water partition coefficient (Wildman–Crippen LogP) is 2.69. The van der Waals surface area contributed by atoms with Crippen LogP contribution in [0, 0.1) is 0 Å². The Balaban J connectivity index is 1.24. The average Bonchev–Trinajstić information content (AvgIpc) is 3.65. The smallest absolute Gasteiger partial charge is 0.161 e. The Labute approximate surface area is 156 Å². The molecule has 2 aliphatic rings. The first-order valence-electron chi connectivity index (χ1n) is 8.96. The molecule has 2 unspecified atom stereocenters. The number of H-pyrrole nitrogens is 1. The summed E-state index contributed by atoms with van der Waals surface area (Å²) in [4.78, 5) is 3.26. The van der Waals surface area contributed by atoms with Gasteiger partial charge in [0.05, 0.1) is 13.2 Å². The van der Waals surface area contributed by atoms with Gasteiger partial charge in [0.15, 0.2) is 11.6 Å². The van der Waals surface area contributed by atoms with Crippen LogP contribution in [-0.4, -0.2) is 53.8 Å². The zero-order valence-electron chi connectivity index (χ0n) is 14.6. The molecule has 0 aliphatic carbocycles. The molecule has 0 bridgehead atoms. The van der Waals surface area contributed by atoms with Gasteiger partial charge >= 0.3 is 0 Å². The first-order chi connectivity index (χ1) is 13.3. The van der Waals surface area contributed by atoms with Crippen molar-refractivity contribution in [3.8, 4) is 34.3 Å². The number of nitrogens with one attached hydrogen (secondary N) is 1. The van der Waals surface area contributed by atoms with Gasteiger partial charge in [-0.1, -0.05) is 0 Å². The zero-order valence-corrected chi connectivity index (χ0v) is 14.6. The third kappa shape index (κ3) is 4.10. The first-order valence-corrected chi connectivity index (χ1v) is 8.96. The van der Waals surface area contributed by atoms with Crippen molar-refractivity contribution in [1.29, 1.82) is 0 Å². The van der Waals surface area contributed by atoms with E-state index in [1.807, 2.05) is 48.5 Å². The monoisotopic (exact) mass is 365 g/mol. The van der Waals surface area contributed by atoms with Gasteiger partial charge in [0.2, 0.25) is 0 Å². The second-order valence-electron chi connectivity index (χ2n) is 6.60. The maximum absolute atomic E-state index is 5.65. The van der Waals surface area contributed by atoms with Gasteiger partial charge in [-0.3, -0.25) is 0 Å². The maximum Gasteiger partial charge on any atom is 0.161 e. The lowest BCUT2D eigenvalue weighted by Crippen LogP contribution is -2.03. The number of hydrogen-bond acceptors (Lipinski definition) is 6. The summed E-state index contributed by atoms with van der Waals surface area (Å²) in [7, 11) is 0. The Morgan fingerprint density at radius 2 is 1.15 bits per heavy atom. The van der Waals surface area contributed by atoms with Crippen molar-refractivity contribution < 1.29 is 18.9 Å². The fraction of sp³-hybridized carbons (Fsp3) is 0.300. The quantitative estimate of drug-likeness (QED) is 0.618. The molecule has 2 aromatic carbocycles. The van der Waals surface area contributed by atoms with Crippen molar-refractivity contribution in [1.82, 2.24) is 15.2 Å². The summed E-state index contributed by atoms with van der Waals surface area (Å²) in [6, 6.07) is 15.6. The largest absolute Gasteiger partial charge is 0.491 e. The molecule has 2 saturated heterocycles. The molecule has 2 aliphatic heterocycles. The lowest BCUT2D eigenvalue weighted by Gasteiger charge is -2.05. The second-order valence-corrected chi connectivity index (χ2v) is 6.60. The molecule has 7 heteroatoms. The highest BCUT2D eigenvalue weighted by atomic mass is 16.6. The van der Waals surface area contributed by atoms with Gasteiger partial charge in [-0.05, 0) is 48.5 Å². The van der Waals surface area contributed by atoms with Crippen LogP contribution in [0.2, 0.25) is 0 Å². The Morgan fingerprint density at radius 3 is 1.52 bits per heavy atom. The van der Waals surface area contributed by atoms with Crippen LogP contribution in [-0.2, 0) is 9.47 Å². The number of nitrogens with zero attached hydrogens (tertiary/aromatic N) is 2.